The lowest BCUT2D eigenvalue weighted by Crippen LogP contribution is -2.24. The summed E-state index contributed by atoms with van der Waals surface area (Å²) < 4.78 is 27.5. The van der Waals surface area contributed by atoms with Crippen LogP contribution in [0.2, 0.25) is 0 Å². The standard InChI is InChI=1S/C19H23F2N3O/c20-9-17(15-5-1-13(11-22)2-6-15)19(24-25)18(10-21)16-7-3-14(12-23)4-8-16/h1-8,17-18,25H,9-12,22-23H2. The molecule has 4 nitrogen and oxygen atoms in total. The first-order valence-electron chi connectivity index (χ1n) is 8.10. The summed E-state index contributed by atoms with van der Waals surface area (Å²) in [5.74, 6) is -1.65. The van der Waals surface area contributed by atoms with E-state index in [4.69, 9.17) is 11.5 Å². The quantitative estimate of drug-likeness (QED) is 0.389. The van der Waals surface area contributed by atoms with E-state index in [1.165, 1.54) is 0 Å². The number of halogens is 2. The zero-order valence-corrected chi connectivity index (χ0v) is 13.9. The van der Waals surface area contributed by atoms with Crippen LogP contribution < -0.4 is 11.5 Å². The number of oxime groups is 1. The van der Waals surface area contributed by atoms with Crippen LogP contribution in [-0.2, 0) is 13.1 Å². The first kappa shape index (κ1) is 19.0. The van der Waals surface area contributed by atoms with Gasteiger partial charge in [-0.05, 0) is 22.3 Å². The summed E-state index contributed by atoms with van der Waals surface area (Å²) in [6.07, 6.45) is 0. The minimum atomic E-state index is -0.827. The Kier molecular flexibility index (Phi) is 7.03. The largest absolute Gasteiger partial charge is 0.411 e. The second kappa shape index (κ2) is 9.25. The fourth-order valence-corrected chi connectivity index (χ4v) is 2.83. The second-order valence-corrected chi connectivity index (χ2v) is 5.83. The zero-order valence-electron chi connectivity index (χ0n) is 13.9. The van der Waals surface area contributed by atoms with E-state index >= 15 is 0 Å². The molecule has 5 N–H and O–H groups in total. The summed E-state index contributed by atoms with van der Waals surface area (Å²) in [5.41, 5.74) is 14.2. The predicted octanol–water partition coefficient (Wildman–Crippen LogP) is 3.24. The maximum atomic E-state index is 13.7. The number of hydrogen-bond donors (Lipinski definition) is 3. The molecule has 0 heterocycles. The molecule has 0 aliphatic carbocycles. The lowest BCUT2D eigenvalue weighted by molar-refractivity contribution is 0.309. The van der Waals surface area contributed by atoms with Crippen LogP contribution in [0.4, 0.5) is 8.78 Å². The van der Waals surface area contributed by atoms with Gasteiger partial charge in [-0.15, -0.1) is 0 Å². The molecular weight excluding hydrogens is 324 g/mol. The predicted molar refractivity (Wildman–Crippen MR) is 95.3 cm³/mol. The van der Waals surface area contributed by atoms with Gasteiger partial charge in [0.05, 0.1) is 17.5 Å². The Morgan fingerprint density at radius 1 is 0.800 bits per heavy atom. The fourth-order valence-electron chi connectivity index (χ4n) is 2.83. The summed E-state index contributed by atoms with van der Waals surface area (Å²) >= 11 is 0. The molecule has 0 amide bonds. The summed E-state index contributed by atoms with van der Waals surface area (Å²) in [6.45, 7) is -0.832. The van der Waals surface area contributed by atoms with Gasteiger partial charge in [-0.25, -0.2) is 0 Å². The Labute approximate surface area is 146 Å². The van der Waals surface area contributed by atoms with Crippen LogP contribution in [0, 0.1) is 0 Å². The summed E-state index contributed by atoms with van der Waals surface area (Å²) in [4.78, 5) is 0. The second-order valence-electron chi connectivity index (χ2n) is 5.83. The van der Waals surface area contributed by atoms with Crippen LogP contribution >= 0.6 is 0 Å². The molecule has 0 saturated carbocycles. The van der Waals surface area contributed by atoms with Crippen molar-refractivity contribution in [1.29, 1.82) is 0 Å². The van der Waals surface area contributed by atoms with Crippen molar-refractivity contribution in [3.05, 3.63) is 70.8 Å². The molecular formula is C19H23F2N3O. The van der Waals surface area contributed by atoms with Gasteiger partial charge in [-0.1, -0.05) is 53.7 Å². The highest BCUT2D eigenvalue weighted by Crippen LogP contribution is 2.29. The van der Waals surface area contributed by atoms with E-state index in [0.717, 1.165) is 11.1 Å². The number of rotatable bonds is 8. The third kappa shape index (κ3) is 4.41. The van der Waals surface area contributed by atoms with Crippen molar-refractivity contribution in [3.63, 3.8) is 0 Å². The minimum absolute atomic E-state index is 0.0611. The number of benzene rings is 2. The van der Waals surface area contributed by atoms with Gasteiger partial charge in [-0.2, -0.15) is 0 Å². The van der Waals surface area contributed by atoms with E-state index in [9.17, 15) is 14.0 Å². The first-order valence-corrected chi connectivity index (χ1v) is 8.10. The molecule has 0 aromatic heterocycles. The third-order valence-electron chi connectivity index (χ3n) is 4.37. The Bertz CT molecular complexity index is 629. The molecule has 0 aliphatic heterocycles. The molecule has 2 aromatic rings. The van der Waals surface area contributed by atoms with Crippen LogP contribution in [0.5, 0.6) is 0 Å². The van der Waals surface area contributed by atoms with Crippen molar-refractivity contribution in [2.45, 2.75) is 24.9 Å². The van der Waals surface area contributed by atoms with Gasteiger partial charge in [0.2, 0.25) is 0 Å². The van der Waals surface area contributed by atoms with Crippen LogP contribution in [0.15, 0.2) is 53.7 Å². The van der Waals surface area contributed by atoms with E-state index < -0.39 is 25.2 Å². The molecule has 0 aliphatic rings. The third-order valence-corrected chi connectivity index (χ3v) is 4.37. The van der Waals surface area contributed by atoms with E-state index in [1.54, 1.807) is 48.5 Å². The fraction of sp³-hybridized carbons (Fsp3) is 0.316. The molecule has 2 aromatic carbocycles. The van der Waals surface area contributed by atoms with Gasteiger partial charge >= 0.3 is 0 Å². The molecule has 2 atom stereocenters. The molecule has 0 bridgehead atoms. The van der Waals surface area contributed by atoms with Gasteiger partial charge < -0.3 is 16.7 Å². The van der Waals surface area contributed by atoms with Crippen LogP contribution in [0.1, 0.15) is 34.1 Å². The van der Waals surface area contributed by atoms with Gasteiger partial charge in [0.1, 0.15) is 13.3 Å². The molecule has 25 heavy (non-hydrogen) atoms. The monoisotopic (exact) mass is 347 g/mol. The number of hydrogen-bond acceptors (Lipinski definition) is 4. The van der Waals surface area contributed by atoms with Gasteiger partial charge in [0, 0.05) is 13.1 Å². The first-order chi connectivity index (χ1) is 12.2. The molecule has 0 radical (unpaired) electrons. The van der Waals surface area contributed by atoms with Crippen molar-refractivity contribution in [1.82, 2.24) is 0 Å². The Morgan fingerprint density at radius 3 is 1.40 bits per heavy atom. The highest BCUT2D eigenvalue weighted by Gasteiger charge is 2.28. The lowest BCUT2D eigenvalue weighted by atomic mass is 9.83. The lowest BCUT2D eigenvalue weighted by Gasteiger charge is -2.22. The number of alkyl halides is 2. The maximum Gasteiger partial charge on any atom is 0.102 e. The average molecular weight is 347 g/mol. The Hall–Kier alpha value is -2.31. The van der Waals surface area contributed by atoms with E-state index in [-0.39, 0.29) is 5.71 Å². The minimum Gasteiger partial charge on any atom is -0.411 e. The van der Waals surface area contributed by atoms with Crippen LogP contribution in [0.3, 0.4) is 0 Å². The van der Waals surface area contributed by atoms with Crippen LogP contribution in [-0.4, -0.2) is 24.3 Å². The van der Waals surface area contributed by atoms with Crippen molar-refractivity contribution in [2.24, 2.45) is 16.6 Å². The van der Waals surface area contributed by atoms with Gasteiger partial charge in [0.25, 0.3) is 0 Å². The normalized spacial score (nSPS) is 13.3. The molecule has 2 rings (SSSR count). The topological polar surface area (TPSA) is 84.6 Å². The Morgan fingerprint density at radius 2 is 1.16 bits per heavy atom. The van der Waals surface area contributed by atoms with Crippen molar-refractivity contribution in [2.75, 3.05) is 13.3 Å². The summed E-state index contributed by atoms with van der Waals surface area (Å²) in [6, 6.07) is 14.0. The van der Waals surface area contributed by atoms with E-state index in [2.05, 4.69) is 5.16 Å². The average Bonchev–Trinajstić information content (AvgIpc) is 2.68. The highest BCUT2D eigenvalue weighted by atomic mass is 19.1. The van der Waals surface area contributed by atoms with Crippen molar-refractivity contribution >= 4 is 5.71 Å². The molecule has 0 fully saturated rings. The number of nitrogens with two attached hydrogens (primary N) is 2. The molecule has 6 heteroatoms. The Balaban J connectivity index is 2.34. The molecule has 134 valence electrons. The molecule has 0 saturated heterocycles. The number of nitrogens with zero attached hydrogens (tertiary/aromatic N) is 1. The van der Waals surface area contributed by atoms with Crippen LogP contribution in [0.25, 0.3) is 0 Å². The SMILES string of the molecule is NCc1ccc(C(CF)C(=NO)C(CF)c2ccc(CN)cc2)cc1. The van der Waals surface area contributed by atoms with E-state index in [1.807, 2.05) is 0 Å². The zero-order chi connectivity index (χ0) is 18.2. The highest BCUT2D eigenvalue weighted by molar-refractivity contribution is 5.96. The molecule has 0 spiro atoms. The van der Waals surface area contributed by atoms with Crippen molar-refractivity contribution in [3.8, 4) is 0 Å². The smallest absolute Gasteiger partial charge is 0.102 e. The summed E-state index contributed by atoms with van der Waals surface area (Å²) in [5, 5.41) is 12.7. The van der Waals surface area contributed by atoms with Gasteiger partial charge in [0.15, 0.2) is 0 Å². The summed E-state index contributed by atoms with van der Waals surface area (Å²) in [7, 11) is 0. The van der Waals surface area contributed by atoms with Gasteiger partial charge in [-0.3, -0.25) is 8.78 Å². The molecule has 2 unspecified atom stereocenters. The maximum absolute atomic E-state index is 13.7. The van der Waals surface area contributed by atoms with Crippen molar-refractivity contribution < 1.29 is 14.0 Å². The van der Waals surface area contributed by atoms with E-state index in [0.29, 0.717) is 24.2 Å².